The highest BCUT2D eigenvalue weighted by Gasteiger charge is 2.57. The summed E-state index contributed by atoms with van der Waals surface area (Å²) in [5.74, 6) is 0.864. The van der Waals surface area contributed by atoms with Crippen LogP contribution in [0, 0.1) is 28.1 Å². The Labute approximate surface area is 164 Å². The van der Waals surface area contributed by atoms with Gasteiger partial charge in [0.05, 0.1) is 13.2 Å². The SMILES string of the molecule is COC(=O)CC1CC=C2C3=C(CCC21C)C1(C)CCC(O)C(C)(C)C1CC3. The van der Waals surface area contributed by atoms with Crippen molar-refractivity contribution in [2.45, 2.75) is 85.2 Å². The Kier molecular flexibility index (Phi) is 4.42. The van der Waals surface area contributed by atoms with Crippen molar-refractivity contribution in [2.75, 3.05) is 7.11 Å². The molecular formula is C24H36O3. The van der Waals surface area contributed by atoms with Gasteiger partial charge in [0, 0.05) is 6.42 Å². The van der Waals surface area contributed by atoms with E-state index < -0.39 is 0 Å². The number of allylic oxidation sites excluding steroid dienone is 4. The van der Waals surface area contributed by atoms with Crippen LogP contribution in [-0.4, -0.2) is 24.3 Å². The zero-order valence-electron chi connectivity index (χ0n) is 17.7. The maximum Gasteiger partial charge on any atom is 0.305 e. The third kappa shape index (κ3) is 2.60. The van der Waals surface area contributed by atoms with Crippen LogP contribution in [0.1, 0.15) is 79.1 Å². The lowest BCUT2D eigenvalue weighted by Gasteiger charge is -2.59. The molecule has 0 heterocycles. The Morgan fingerprint density at radius 3 is 2.59 bits per heavy atom. The van der Waals surface area contributed by atoms with Gasteiger partial charge in [0.2, 0.25) is 0 Å². The minimum absolute atomic E-state index is 0.0102. The van der Waals surface area contributed by atoms with Crippen LogP contribution >= 0.6 is 0 Å². The molecule has 0 aromatic heterocycles. The van der Waals surface area contributed by atoms with E-state index in [1.165, 1.54) is 13.5 Å². The maximum atomic E-state index is 11.9. The van der Waals surface area contributed by atoms with Crippen molar-refractivity contribution < 1.29 is 14.6 Å². The number of ether oxygens (including phenoxy) is 1. The monoisotopic (exact) mass is 372 g/mol. The van der Waals surface area contributed by atoms with Crippen molar-refractivity contribution in [3.8, 4) is 0 Å². The molecule has 4 rings (SSSR count). The van der Waals surface area contributed by atoms with Crippen molar-refractivity contribution in [3.05, 3.63) is 22.8 Å². The van der Waals surface area contributed by atoms with Gasteiger partial charge in [-0.15, -0.1) is 0 Å². The number of aliphatic hydroxyl groups is 1. The van der Waals surface area contributed by atoms with Crippen LogP contribution in [0.3, 0.4) is 0 Å². The minimum atomic E-state index is -0.179. The first-order valence-electron chi connectivity index (χ1n) is 10.8. The summed E-state index contributed by atoms with van der Waals surface area (Å²) >= 11 is 0. The van der Waals surface area contributed by atoms with E-state index in [1.807, 2.05) is 0 Å². The smallest absolute Gasteiger partial charge is 0.305 e. The minimum Gasteiger partial charge on any atom is -0.469 e. The lowest BCUT2D eigenvalue weighted by Crippen LogP contribution is -2.53. The van der Waals surface area contributed by atoms with E-state index >= 15 is 0 Å². The normalized spacial score (nSPS) is 42.7. The number of rotatable bonds is 2. The molecule has 0 aromatic rings. The van der Waals surface area contributed by atoms with Gasteiger partial charge in [-0.2, -0.15) is 0 Å². The molecule has 1 saturated carbocycles. The number of aliphatic hydroxyl groups excluding tert-OH is 1. The van der Waals surface area contributed by atoms with Gasteiger partial charge in [-0.05, 0) is 84.2 Å². The molecule has 0 amide bonds. The molecule has 0 bridgehead atoms. The van der Waals surface area contributed by atoms with E-state index in [0.717, 1.165) is 38.5 Å². The molecule has 0 aliphatic heterocycles. The molecule has 0 saturated heterocycles. The summed E-state index contributed by atoms with van der Waals surface area (Å²) < 4.78 is 4.97. The number of hydrogen-bond acceptors (Lipinski definition) is 3. The van der Waals surface area contributed by atoms with Crippen LogP contribution in [0.4, 0.5) is 0 Å². The van der Waals surface area contributed by atoms with Crippen LogP contribution < -0.4 is 0 Å². The maximum absolute atomic E-state index is 11.9. The molecule has 4 aliphatic rings. The fourth-order valence-corrected chi connectivity index (χ4v) is 7.36. The molecule has 5 atom stereocenters. The standard InChI is InChI=1S/C24H36O3/c1-22(2)19-9-7-16-17-8-6-15(14-21(26)27-5)23(17,3)12-10-18(16)24(19,4)13-11-20(22)25/h8,15,19-20,25H,6-7,9-14H2,1-5H3. The number of carbonyl (C=O) groups excluding carboxylic acids is 1. The molecule has 1 N–H and O–H groups in total. The predicted octanol–water partition coefficient (Wildman–Crippen LogP) is 5.19. The van der Waals surface area contributed by atoms with Crippen molar-refractivity contribution in [2.24, 2.45) is 28.1 Å². The van der Waals surface area contributed by atoms with Gasteiger partial charge < -0.3 is 9.84 Å². The Bertz CT molecular complexity index is 715. The first-order chi connectivity index (χ1) is 12.6. The molecule has 0 radical (unpaired) electrons. The highest BCUT2D eigenvalue weighted by molar-refractivity contribution is 5.70. The van der Waals surface area contributed by atoms with Gasteiger partial charge in [0.25, 0.3) is 0 Å². The second-order valence-corrected chi connectivity index (χ2v) is 10.6. The number of esters is 1. The molecule has 3 nitrogen and oxygen atoms in total. The summed E-state index contributed by atoms with van der Waals surface area (Å²) in [4.78, 5) is 11.9. The largest absolute Gasteiger partial charge is 0.469 e. The first-order valence-corrected chi connectivity index (χ1v) is 10.8. The first kappa shape index (κ1) is 19.2. The van der Waals surface area contributed by atoms with Crippen molar-refractivity contribution in [3.63, 3.8) is 0 Å². The van der Waals surface area contributed by atoms with Gasteiger partial charge in [-0.25, -0.2) is 0 Å². The van der Waals surface area contributed by atoms with Gasteiger partial charge in [0.15, 0.2) is 0 Å². The van der Waals surface area contributed by atoms with E-state index in [-0.39, 0.29) is 28.3 Å². The summed E-state index contributed by atoms with van der Waals surface area (Å²) in [5.41, 5.74) is 5.17. The zero-order chi connectivity index (χ0) is 19.6. The Morgan fingerprint density at radius 1 is 1.15 bits per heavy atom. The average molecular weight is 373 g/mol. The second-order valence-electron chi connectivity index (χ2n) is 10.6. The molecule has 3 heteroatoms. The topological polar surface area (TPSA) is 46.5 Å². The third-order valence-electron chi connectivity index (χ3n) is 9.18. The summed E-state index contributed by atoms with van der Waals surface area (Å²) in [7, 11) is 1.50. The summed E-state index contributed by atoms with van der Waals surface area (Å²) in [6.45, 7) is 9.41. The molecule has 0 aromatic carbocycles. The zero-order valence-corrected chi connectivity index (χ0v) is 17.7. The van der Waals surface area contributed by atoms with Crippen LogP contribution in [0.5, 0.6) is 0 Å². The summed E-state index contributed by atoms with van der Waals surface area (Å²) in [5, 5.41) is 10.6. The molecule has 5 unspecified atom stereocenters. The third-order valence-corrected chi connectivity index (χ3v) is 9.18. The van der Waals surface area contributed by atoms with E-state index in [2.05, 4.69) is 33.8 Å². The van der Waals surface area contributed by atoms with E-state index in [0.29, 0.717) is 18.3 Å². The molecule has 0 spiro atoms. The average Bonchev–Trinajstić information content (AvgIpc) is 2.95. The fraction of sp³-hybridized carbons (Fsp3) is 0.792. The Hall–Kier alpha value is -1.09. The lowest BCUT2D eigenvalue weighted by molar-refractivity contribution is -0.142. The van der Waals surface area contributed by atoms with Crippen molar-refractivity contribution >= 4 is 5.97 Å². The number of fused-ring (bicyclic) bond motifs is 4. The van der Waals surface area contributed by atoms with Gasteiger partial charge in [-0.1, -0.05) is 39.3 Å². The molecule has 1 fully saturated rings. The molecule has 4 aliphatic carbocycles. The van der Waals surface area contributed by atoms with Crippen molar-refractivity contribution in [1.82, 2.24) is 0 Å². The lowest BCUT2D eigenvalue weighted by atomic mass is 9.46. The highest BCUT2D eigenvalue weighted by atomic mass is 16.5. The highest BCUT2D eigenvalue weighted by Crippen LogP contribution is 2.66. The van der Waals surface area contributed by atoms with Gasteiger partial charge in [-0.3, -0.25) is 4.79 Å². The number of hydrogen-bond donors (Lipinski definition) is 1. The number of methoxy groups -OCH3 is 1. The van der Waals surface area contributed by atoms with Crippen LogP contribution in [0.2, 0.25) is 0 Å². The fourth-order valence-electron chi connectivity index (χ4n) is 7.36. The second kappa shape index (κ2) is 6.20. The Morgan fingerprint density at radius 2 is 1.89 bits per heavy atom. The van der Waals surface area contributed by atoms with Crippen LogP contribution in [-0.2, 0) is 9.53 Å². The van der Waals surface area contributed by atoms with Gasteiger partial charge in [0.1, 0.15) is 0 Å². The molecule has 27 heavy (non-hydrogen) atoms. The summed E-state index contributed by atoms with van der Waals surface area (Å²) in [6.07, 6.45) is 10.4. The molecular weight excluding hydrogens is 336 g/mol. The summed E-state index contributed by atoms with van der Waals surface area (Å²) in [6, 6.07) is 0. The Balaban J connectivity index is 1.69. The predicted molar refractivity (Wildman–Crippen MR) is 107 cm³/mol. The van der Waals surface area contributed by atoms with Crippen LogP contribution in [0.15, 0.2) is 22.8 Å². The van der Waals surface area contributed by atoms with Crippen LogP contribution in [0.25, 0.3) is 0 Å². The van der Waals surface area contributed by atoms with E-state index in [9.17, 15) is 9.90 Å². The van der Waals surface area contributed by atoms with Crippen molar-refractivity contribution in [1.29, 1.82) is 0 Å². The molecule has 150 valence electrons. The number of carbonyl (C=O) groups is 1. The van der Waals surface area contributed by atoms with Gasteiger partial charge >= 0.3 is 5.97 Å². The van der Waals surface area contributed by atoms with E-state index in [1.54, 1.807) is 16.7 Å². The quantitative estimate of drug-likeness (QED) is 0.679. The van der Waals surface area contributed by atoms with E-state index in [4.69, 9.17) is 4.74 Å².